The van der Waals surface area contributed by atoms with Crippen LogP contribution in [-0.4, -0.2) is 34.7 Å². The first-order chi connectivity index (χ1) is 10.1. The molecule has 0 heterocycles. The highest BCUT2D eigenvalue weighted by Gasteiger charge is 2.05. The lowest BCUT2D eigenvalue weighted by molar-refractivity contribution is 0.0697. The number of hydrogen-bond donors (Lipinski definition) is 3. The first-order valence-electron chi connectivity index (χ1n) is 6.52. The maximum atomic E-state index is 10.8. The largest absolute Gasteiger partial charge is 0.478 e. The van der Waals surface area contributed by atoms with Gasteiger partial charge in [-0.2, -0.15) is 0 Å². The summed E-state index contributed by atoms with van der Waals surface area (Å²) in [7, 11) is 0. The molecule has 2 rings (SSSR count). The van der Waals surface area contributed by atoms with Gasteiger partial charge in [0.05, 0.1) is 17.5 Å². The molecule has 0 fully saturated rings. The maximum absolute atomic E-state index is 10.8. The second kappa shape index (κ2) is 7.11. The lowest BCUT2D eigenvalue weighted by Gasteiger charge is -2.11. The van der Waals surface area contributed by atoms with Crippen molar-refractivity contribution in [3.63, 3.8) is 0 Å². The molecule has 0 saturated carbocycles. The molecule has 0 aliphatic heterocycles. The van der Waals surface area contributed by atoms with Crippen molar-refractivity contribution in [3.8, 4) is 11.1 Å². The molecular formula is C16H16ClNO3. The van der Waals surface area contributed by atoms with Crippen LogP contribution in [0, 0.1) is 0 Å². The van der Waals surface area contributed by atoms with Gasteiger partial charge in [0.25, 0.3) is 0 Å². The predicted molar refractivity (Wildman–Crippen MR) is 84.1 cm³/mol. The summed E-state index contributed by atoms with van der Waals surface area (Å²) in [6, 6.07) is 14.4. The number of nitrogens with one attached hydrogen (secondary N) is 1. The Morgan fingerprint density at radius 1 is 1.14 bits per heavy atom. The second-order valence-electron chi connectivity index (χ2n) is 4.65. The topological polar surface area (TPSA) is 69.6 Å². The highest BCUT2D eigenvalue weighted by Crippen LogP contribution is 2.23. The molecule has 2 aromatic rings. The minimum atomic E-state index is -0.938. The molecular weight excluding hydrogens is 290 g/mol. The van der Waals surface area contributed by atoms with E-state index in [1.54, 1.807) is 24.3 Å². The summed E-state index contributed by atoms with van der Waals surface area (Å²) in [5.41, 5.74) is 3.04. The molecule has 0 aliphatic carbocycles. The Bertz CT molecular complexity index is 613. The molecule has 0 radical (unpaired) electrons. The number of alkyl halides is 1. The Balaban J connectivity index is 2.14. The number of carboxylic acid groups (broad SMARTS) is 1. The van der Waals surface area contributed by atoms with Gasteiger partial charge in [0, 0.05) is 12.2 Å². The van der Waals surface area contributed by atoms with Crippen LogP contribution in [0.4, 0.5) is 5.69 Å². The van der Waals surface area contributed by atoms with Gasteiger partial charge in [0.15, 0.2) is 0 Å². The van der Waals surface area contributed by atoms with E-state index in [0.29, 0.717) is 6.54 Å². The van der Waals surface area contributed by atoms with E-state index >= 15 is 0 Å². The third-order valence-electron chi connectivity index (χ3n) is 3.05. The summed E-state index contributed by atoms with van der Waals surface area (Å²) in [6.07, 6.45) is -0.592. The summed E-state index contributed by atoms with van der Waals surface area (Å²) in [5.74, 6) is -0.754. The van der Waals surface area contributed by atoms with Crippen LogP contribution in [0.3, 0.4) is 0 Å². The third-order valence-corrected chi connectivity index (χ3v) is 3.40. The van der Waals surface area contributed by atoms with Gasteiger partial charge in [-0.15, -0.1) is 11.6 Å². The van der Waals surface area contributed by atoms with Crippen molar-refractivity contribution in [1.29, 1.82) is 0 Å². The molecule has 0 aliphatic rings. The van der Waals surface area contributed by atoms with Gasteiger partial charge in [0.1, 0.15) is 0 Å². The van der Waals surface area contributed by atoms with E-state index in [9.17, 15) is 9.90 Å². The van der Waals surface area contributed by atoms with Crippen molar-refractivity contribution in [2.45, 2.75) is 6.10 Å². The highest BCUT2D eigenvalue weighted by molar-refractivity contribution is 6.18. The molecule has 0 aromatic heterocycles. The van der Waals surface area contributed by atoms with Crippen LogP contribution in [0.2, 0.25) is 0 Å². The number of carboxylic acids is 1. The van der Waals surface area contributed by atoms with E-state index in [0.717, 1.165) is 16.8 Å². The summed E-state index contributed by atoms with van der Waals surface area (Å²) < 4.78 is 0. The van der Waals surface area contributed by atoms with Gasteiger partial charge in [-0.3, -0.25) is 0 Å². The molecule has 1 unspecified atom stereocenters. The molecule has 4 nitrogen and oxygen atoms in total. The number of carbonyl (C=O) groups is 1. The Morgan fingerprint density at radius 3 is 2.48 bits per heavy atom. The summed E-state index contributed by atoms with van der Waals surface area (Å²) in [6.45, 7) is 0.380. The van der Waals surface area contributed by atoms with Crippen molar-refractivity contribution in [3.05, 3.63) is 54.1 Å². The zero-order chi connectivity index (χ0) is 15.2. The van der Waals surface area contributed by atoms with Crippen molar-refractivity contribution in [1.82, 2.24) is 0 Å². The fourth-order valence-corrected chi connectivity index (χ4v) is 2.01. The molecule has 0 amide bonds. The highest BCUT2D eigenvalue weighted by atomic mass is 35.5. The number of halogens is 1. The van der Waals surface area contributed by atoms with E-state index in [-0.39, 0.29) is 11.4 Å². The number of rotatable bonds is 6. The number of aromatic carboxylic acids is 1. The summed E-state index contributed by atoms with van der Waals surface area (Å²) in [4.78, 5) is 10.8. The average Bonchev–Trinajstić information content (AvgIpc) is 2.53. The minimum absolute atomic E-state index is 0.184. The number of aliphatic hydroxyl groups is 1. The fraction of sp³-hybridized carbons (Fsp3) is 0.188. The van der Waals surface area contributed by atoms with Gasteiger partial charge < -0.3 is 15.5 Å². The Kier molecular flexibility index (Phi) is 5.20. The van der Waals surface area contributed by atoms with E-state index in [1.807, 2.05) is 24.3 Å². The maximum Gasteiger partial charge on any atom is 0.335 e. The van der Waals surface area contributed by atoms with E-state index in [1.165, 1.54) is 0 Å². The molecule has 3 N–H and O–H groups in total. The Labute approximate surface area is 128 Å². The second-order valence-corrected chi connectivity index (χ2v) is 4.96. The lowest BCUT2D eigenvalue weighted by atomic mass is 10.0. The standard InChI is InChI=1S/C16H16ClNO3/c17-9-15(19)10-18-14-3-1-2-13(8-14)11-4-6-12(7-5-11)16(20)21/h1-8,15,18-19H,9-10H2,(H,20,21). The molecule has 21 heavy (non-hydrogen) atoms. The SMILES string of the molecule is O=C(O)c1ccc(-c2cccc(NCC(O)CCl)c2)cc1. The summed E-state index contributed by atoms with van der Waals surface area (Å²) in [5, 5.41) is 21.4. The van der Waals surface area contributed by atoms with Crippen LogP contribution in [0.25, 0.3) is 11.1 Å². The molecule has 0 bridgehead atoms. The van der Waals surface area contributed by atoms with Gasteiger partial charge >= 0.3 is 5.97 Å². The monoisotopic (exact) mass is 305 g/mol. The molecule has 2 aromatic carbocycles. The van der Waals surface area contributed by atoms with Crippen molar-refractivity contribution >= 4 is 23.3 Å². The normalized spacial score (nSPS) is 11.9. The van der Waals surface area contributed by atoms with Crippen LogP contribution in [0.5, 0.6) is 0 Å². The smallest absolute Gasteiger partial charge is 0.335 e. The molecule has 0 saturated heterocycles. The lowest BCUT2D eigenvalue weighted by Crippen LogP contribution is -2.20. The van der Waals surface area contributed by atoms with Gasteiger partial charge in [-0.1, -0.05) is 24.3 Å². The van der Waals surface area contributed by atoms with E-state index in [2.05, 4.69) is 5.32 Å². The average molecular weight is 306 g/mol. The van der Waals surface area contributed by atoms with Crippen LogP contribution in [0.15, 0.2) is 48.5 Å². The Morgan fingerprint density at radius 2 is 1.86 bits per heavy atom. The van der Waals surface area contributed by atoms with Crippen LogP contribution in [0.1, 0.15) is 10.4 Å². The minimum Gasteiger partial charge on any atom is -0.478 e. The number of anilines is 1. The van der Waals surface area contributed by atoms with Crippen LogP contribution >= 0.6 is 11.6 Å². The number of benzene rings is 2. The van der Waals surface area contributed by atoms with E-state index in [4.69, 9.17) is 16.7 Å². The fourth-order valence-electron chi connectivity index (χ4n) is 1.90. The van der Waals surface area contributed by atoms with Crippen molar-refractivity contribution in [2.75, 3.05) is 17.7 Å². The van der Waals surface area contributed by atoms with Crippen LogP contribution in [-0.2, 0) is 0 Å². The molecule has 110 valence electrons. The molecule has 1 atom stereocenters. The molecule has 0 spiro atoms. The number of aliphatic hydroxyl groups excluding tert-OH is 1. The first kappa shape index (κ1) is 15.4. The number of hydrogen-bond acceptors (Lipinski definition) is 3. The van der Waals surface area contributed by atoms with Gasteiger partial charge in [-0.05, 0) is 35.4 Å². The van der Waals surface area contributed by atoms with Crippen molar-refractivity contribution in [2.24, 2.45) is 0 Å². The van der Waals surface area contributed by atoms with Crippen molar-refractivity contribution < 1.29 is 15.0 Å². The quantitative estimate of drug-likeness (QED) is 0.717. The zero-order valence-electron chi connectivity index (χ0n) is 11.3. The van der Waals surface area contributed by atoms with Gasteiger partial charge in [0.2, 0.25) is 0 Å². The summed E-state index contributed by atoms with van der Waals surface area (Å²) >= 11 is 5.55. The predicted octanol–water partition coefficient (Wildman–Crippen LogP) is 3.06. The molecule has 5 heteroatoms. The zero-order valence-corrected chi connectivity index (χ0v) is 12.0. The van der Waals surface area contributed by atoms with Crippen LogP contribution < -0.4 is 5.32 Å². The van der Waals surface area contributed by atoms with E-state index < -0.39 is 12.1 Å². The Hall–Kier alpha value is -2.04. The van der Waals surface area contributed by atoms with Gasteiger partial charge in [-0.25, -0.2) is 4.79 Å². The third kappa shape index (κ3) is 4.21. The first-order valence-corrected chi connectivity index (χ1v) is 7.05.